The van der Waals surface area contributed by atoms with E-state index < -0.39 is 5.97 Å². The second kappa shape index (κ2) is 8.18. The molecule has 1 aromatic rings. The summed E-state index contributed by atoms with van der Waals surface area (Å²) in [5, 5.41) is 10.5. The van der Waals surface area contributed by atoms with E-state index in [0.717, 1.165) is 6.42 Å². The van der Waals surface area contributed by atoms with Crippen LogP contribution in [0.1, 0.15) is 5.56 Å². The molecular weight excluding hydrogens is 210 g/mol. The van der Waals surface area contributed by atoms with Crippen molar-refractivity contribution in [3.05, 3.63) is 41.3 Å². The van der Waals surface area contributed by atoms with Crippen molar-refractivity contribution >= 4 is 17.6 Å². The van der Waals surface area contributed by atoms with Crippen molar-refractivity contribution in [1.29, 1.82) is 0 Å². The number of aliphatic carboxylic acids is 1. The van der Waals surface area contributed by atoms with Crippen LogP contribution in [0, 0.1) is 6.42 Å². The topological polar surface area (TPSA) is 40.1 Å². The Bertz CT molecular complexity index is 279. The third-order valence-electron chi connectivity index (χ3n) is 1.18. The Labute approximate surface area is 126 Å². The molecule has 0 atom stereocenters. The number of hydrogen-bond acceptors (Lipinski definition) is 2. The summed E-state index contributed by atoms with van der Waals surface area (Å²) in [5.41, 5.74) is 0.467. The van der Waals surface area contributed by atoms with Crippen LogP contribution in [0.5, 0.6) is 0 Å². The van der Waals surface area contributed by atoms with Gasteiger partial charge in [-0.05, 0) is 0 Å². The normalized spacial score (nSPS) is 7.77. The molecule has 0 unspecified atom stereocenters. The zero-order chi connectivity index (χ0) is 8.27. The largest absolute Gasteiger partial charge is 1.00 e. The minimum Gasteiger partial charge on any atom is -0.560 e. The van der Waals surface area contributed by atoms with E-state index in [0.29, 0.717) is 10.6 Å². The molecule has 0 aliphatic carbocycles. The number of carboxylic acid groups (broad SMARTS) is 1. The van der Waals surface area contributed by atoms with E-state index in [4.69, 9.17) is 11.6 Å². The molecule has 0 spiro atoms. The van der Waals surface area contributed by atoms with Crippen LogP contribution in [0.4, 0.5) is 0 Å². The Hall–Kier alpha value is 0.850. The van der Waals surface area contributed by atoms with E-state index in [1.165, 1.54) is 0 Å². The van der Waals surface area contributed by atoms with Crippen molar-refractivity contribution in [1.82, 2.24) is 0 Å². The first kappa shape index (κ1) is 16.3. The third-order valence-corrected chi connectivity index (χ3v) is 1.52. The van der Waals surface area contributed by atoms with Crippen molar-refractivity contribution in [3.8, 4) is 0 Å². The molecule has 0 N–H and O–H groups in total. The monoisotopic (exact) mass is 214 g/mol. The van der Waals surface area contributed by atoms with Gasteiger partial charge in [-0.1, -0.05) is 11.1 Å². The number of carbonyl (C=O) groups excluding carboxylic acids is 1. The fraction of sp³-hybridized carbons (Fsp3) is 0. The van der Waals surface area contributed by atoms with Crippen molar-refractivity contribution in [3.63, 3.8) is 0 Å². The Morgan fingerprint density at radius 2 is 1.85 bits per heavy atom. The maximum absolute atomic E-state index is 10.1. The average molecular weight is 215 g/mol. The summed E-state index contributed by atoms with van der Waals surface area (Å²) in [5.74, 6) is -1.24. The second-order valence-corrected chi connectivity index (χ2v) is 2.39. The summed E-state index contributed by atoms with van der Waals surface area (Å²) in [7, 11) is 0. The van der Waals surface area contributed by atoms with Crippen molar-refractivity contribution in [2.45, 2.75) is 0 Å². The molecule has 1 rings (SSSR count). The van der Waals surface area contributed by atoms with Crippen molar-refractivity contribution in [2.75, 3.05) is 0 Å². The smallest absolute Gasteiger partial charge is 0.560 e. The Balaban J connectivity index is 0. The van der Waals surface area contributed by atoms with Crippen molar-refractivity contribution in [2.24, 2.45) is 0 Å². The van der Waals surface area contributed by atoms with Crippen molar-refractivity contribution < 1.29 is 69.0 Å². The molecule has 0 aliphatic rings. The summed E-state index contributed by atoms with van der Waals surface area (Å²) in [6.45, 7) is 0. The molecule has 0 fully saturated rings. The van der Waals surface area contributed by atoms with Crippen LogP contribution < -0.4 is 64.2 Å². The van der Waals surface area contributed by atoms with Gasteiger partial charge >= 0.3 is 59.1 Å². The van der Waals surface area contributed by atoms with Crippen LogP contribution in [-0.2, 0) is 4.79 Å². The zero-order valence-corrected chi connectivity index (χ0v) is 12.3. The van der Waals surface area contributed by atoms with E-state index in [1.807, 2.05) is 0 Å². The molecule has 0 saturated carbocycles. The van der Waals surface area contributed by atoms with Gasteiger partial charge in [-0.15, -0.1) is 18.6 Å². The second-order valence-electron chi connectivity index (χ2n) is 1.98. The van der Waals surface area contributed by atoms with E-state index in [1.54, 1.807) is 24.3 Å². The van der Waals surface area contributed by atoms with Gasteiger partial charge in [0.15, 0.2) is 0 Å². The quantitative estimate of drug-likeness (QED) is 0.364. The summed E-state index contributed by atoms with van der Waals surface area (Å²) in [4.78, 5) is 10.1. The molecule has 0 saturated heterocycles. The van der Waals surface area contributed by atoms with Gasteiger partial charge in [0.1, 0.15) is 0 Å². The summed E-state index contributed by atoms with van der Waals surface area (Å²) >= 11 is 5.65. The number of hydrogen-bond donors (Lipinski definition) is 0. The van der Waals surface area contributed by atoms with Crippen LogP contribution in [0.25, 0.3) is 0 Å². The van der Waals surface area contributed by atoms with Gasteiger partial charge in [0.25, 0.3) is 0 Å². The predicted octanol–water partition coefficient (Wildman–Crippen LogP) is -5.35. The SMILES string of the molecule is O=C([O-])[CH-]c1ccccc1Cl.[Na+].[Na+]. The number of carboxylic acids is 1. The van der Waals surface area contributed by atoms with Gasteiger partial charge in [0, 0.05) is 5.97 Å². The summed E-state index contributed by atoms with van der Waals surface area (Å²) in [6, 6.07) is 6.67. The van der Waals surface area contributed by atoms with Gasteiger partial charge in [0.05, 0.1) is 0 Å². The van der Waals surface area contributed by atoms with Crippen LogP contribution in [0.15, 0.2) is 24.3 Å². The molecule has 0 amide bonds. The number of halogens is 1. The first-order valence-corrected chi connectivity index (χ1v) is 3.38. The van der Waals surface area contributed by atoms with Crippen LogP contribution in [0.3, 0.4) is 0 Å². The van der Waals surface area contributed by atoms with Gasteiger partial charge in [-0.2, -0.15) is 23.2 Å². The molecule has 13 heavy (non-hydrogen) atoms. The summed E-state index contributed by atoms with van der Waals surface area (Å²) < 4.78 is 0. The van der Waals surface area contributed by atoms with Gasteiger partial charge in [0.2, 0.25) is 0 Å². The van der Waals surface area contributed by atoms with Gasteiger partial charge in [-0.25, -0.2) is 0 Å². The molecule has 0 bridgehead atoms. The molecule has 0 radical (unpaired) electrons. The standard InChI is InChI=1S/C8H6ClO2.2Na/c9-7-4-2-1-3-6(7)5-8(10)11;;/h1-5H,(H,10,11);;/q-1;2*+1/p-1. The third kappa shape index (κ3) is 6.02. The van der Waals surface area contributed by atoms with Gasteiger partial charge < -0.3 is 9.90 Å². The van der Waals surface area contributed by atoms with E-state index in [-0.39, 0.29) is 59.1 Å². The van der Waals surface area contributed by atoms with Crippen LogP contribution in [0.2, 0.25) is 5.02 Å². The first-order valence-electron chi connectivity index (χ1n) is 3.00. The Morgan fingerprint density at radius 3 is 2.31 bits per heavy atom. The van der Waals surface area contributed by atoms with E-state index in [9.17, 15) is 9.90 Å². The van der Waals surface area contributed by atoms with Crippen LogP contribution in [-0.4, -0.2) is 5.97 Å². The summed E-state index contributed by atoms with van der Waals surface area (Å²) in [6.07, 6.45) is 0.961. The van der Waals surface area contributed by atoms with E-state index in [2.05, 4.69) is 0 Å². The first-order chi connectivity index (χ1) is 5.20. The fourth-order valence-electron chi connectivity index (χ4n) is 0.719. The molecule has 1 aromatic carbocycles. The maximum Gasteiger partial charge on any atom is 1.00 e. The molecule has 2 nitrogen and oxygen atoms in total. The Kier molecular flexibility index (Phi) is 10.3. The molecular formula is C8H5ClNa2O2. The molecule has 0 heterocycles. The number of carbonyl (C=O) groups is 1. The molecule has 5 heteroatoms. The average Bonchev–Trinajstić information content (AvgIpc) is 1.93. The maximum atomic E-state index is 10.1. The number of benzene rings is 1. The fourth-order valence-corrected chi connectivity index (χ4v) is 0.909. The molecule has 58 valence electrons. The molecule has 0 aliphatic heterocycles. The van der Waals surface area contributed by atoms with Gasteiger partial charge in [-0.3, -0.25) is 0 Å². The van der Waals surface area contributed by atoms with E-state index >= 15 is 0 Å². The minimum absolute atomic E-state index is 0. The number of rotatable bonds is 2. The predicted molar refractivity (Wildman–Crippen MR) is 39.9 cm³/mol. The minimum atomic E-state index is -1.24. The molecule has 0 aromatic heterocycles. The zero-order valence-electron chi connectivity index (χ0n) is 7.58. The Morgan fingerprint density at radius 1 is 1.31 bits per heavy atom. The van der Waals surface area contributed by atoms with Crippen LogP contribution >= 0.6 is 11.6 Å².